The largest absolute Gasteiger partial charge is 0.493 e. The number of ether oxygens (including phenoxy) is 5. The summed E-state index contributed by atoms with van der Waals surface area (Å²) in [6.07, 6.45) is 4.35. The van der Waals surface area contributed by atoms with Crippen LogP contribution in [0, 0.1) is 0 Å². The average Bonchev–Trinajstić information content (AvgIpc) is 2.92. The van der Waals surface area contributed by atoms with E-state index in [1.165, 1.54) is 11.1 Å². The molecule has 0 bridgehead atoms. The van der Waals surface area contributed by atoms with Crippen LogP contribution in [0.1, 0.15) is 48.4 Å². The highest BCUT2D eigenvalue weighted by Crippen LogP contribution is 2.43. The van der Waals surface area contributed by atoms with Gasteiger partial charge in [0, 0.05) is 25.0 Å². The number of carbonyl (C=O) groups excluding carboxylic acids is 1. The minimum Gasteiger partial charge on any atom is -0.493 e. The zero-order valence-corrected chi connectivity index (χ0v) is 22.9. The first kappa shape index (κ1) is 28.6. The van der Waals surface area contributed by atoms with Crippen molar-refractivity contribution in [3.63, 3.8) is 0 Å². The molecular formula is C29H42NO7+. The molecule has 3 rings (SSSR count). The lowest BCUT2D eigenvalue weighted by Crippen LogP contribution is -2.53. The third-order valence-electron chi connectivity index (χ3n) is 7.42. The lowest BCUT2D eigenvalue weighted by atomic mass is 9.86. The molecule has 1 heterocycles. The first-order valence-corrected chi connectivity index (χ1v) is 13.0. The molecule has 0 fully saturated rings. The van der Waals surface area contributed by atoms with E-state index in [2.05, 4.69) is 25.2 Å². The van der Waals surface area contributed by atoms with Crippen LogP contribution < -0.4 is 18.9 Å². The van der Waals surface area contributed by atoms with E-state index in [0.717, 1.165) is 50.0 Å². The fourth-order valence-electron chi connectivity index (χ4n) is 5.16. The summed E-state index contributed by atoms with van der Waals surface area (Å²) in [7, 11) is 8.81. The molecule has 37 heavy (non-hydrogen) atoms. The number of methoxy groups -OCH3 is 4. The second kappa shape index (κ2) is 13.5. The molecule has 204 valence electrons. The van der Waals surface area contributed by atoms with Crippen LogP contribution in [0.2, 0.25) is 0 Å². The lowest BCUT2D eigenvalue weighted by Gasteiger charge is -2.46. The van der Waals surface area contributed by atoms with Crippen molar-refractivity contribution in [3.8, 4) is 23.0 Å². The number of hydrogen-bond acceptors (Lipinski definition) is 7. The van der Waals surface area contributed by atoms with E-state index < -0.39 is 0 Å². The zero-order valence-electron chi connectivity index (χ0n) is 22.9. The van der Waals surface area contributed by atoms with E-state index >= 15 is 0 Å². The monoisotopic (exact) mass is 516 g/mol. The van der Waals surface area contributed by atoms with Crippen molar-refractivity contribution in [2.45, 2.75) is 44.6 Å². The van der Waals surface area contributed by atoms with Crippen LogP contribution in [0.5, 0.6) is 23.0 Å². The molecule has 0 aliphatic carbocycles. The maximum Gasteiger partial charge on any atom is 0.311 e. The molecule has 8 heteroatoms. The summed E-state index contributed by atoms with van der Waals surface area (Å²) in [5, 5.41) is 8.91. The summed E-state index contributed by atoms with van der Waals surface area (Å²) >= 11 is 0. The Labute approximate surface area is 220 Å². The number of fused-ring (bicyclic) bond motifs is 1. The van der Waals surface area contributed by atoms with Crippen molar-refractivity contribution in [2.75, 3.05) is 61.8 Å². The van der Waals surface area contributed by atoms with Gasteiger partial charge in [0.2, 0.25) is 0 Å². The van der Waals surface area contributed by atoms with E-state index in [0.29, 0.717) is 41.3 Å². The third kappa shape index (κ3) is 7.08. The minimum absolute atomic E-state index is 0.0963. The summed E-state index contributed by atoms with van der Waals surface area (Å²) < 4.78 is 28.4. The lowest BCUT2D eigenvalue weighted by molar-refractivity contribution is -0.940. The van der Waals surface area contributed by atoms with E-state index in [4.69, 9.17) is 28.8 Å². The van der Waals surface area contributed by atoms with E-state index in [-0.39, 0.29) is 18.6 Å². The van der Waals surface area contributed by atoms with Gasteiger partial charge < -0.3 is 33.3 Å². The number of rotatable bonds is 14. The second-order valence-corrected chi connectivity index (χ2v) is 9.75. The standard InChI is InChI=1S/C29H42NO7/c1-30(14-12-29(32)37-16-8-6-7-15-31)13-11-22-19-27(35-4)28(36-5)20-23(22)24(30)17-21-9-10-25(33-2)26(18-21)34-3/h9-10,18-20,24,31H,6-8,11-17H2,1-5H3/q+1/t24-,30?/m1/s1. The quantitative estimate of drug-likeness (QED) is 0.230. The van der Waals surface area contributed by atoms with Crippen molar-refractivity contribution in [1.82, 2.24) is 0 Å². The molecule has 1 aliphatic rings. The first-order valence-electron chi connectivity index (χ1n) is 13.0. The van der Waals surface area contributed by atoms with Crippen molar-refractivity contribution in [1.29, 1.82) is 0 Å². The molecule has 2 aromatic rings. The SMILES string of the molecule is COc1ccc(C[C@@H]2c3cc(OC)c(OC)cc3CC[N+]2(C)CCC(=O)OCCCCCO)cc1OC. The van der Waals surface area contributed by atoms with Crippen LogP contribution in [0.25, 0.3) is 0 Å². The molecule has 0 radical (unpaired) electrons. The van der Waals surface area contributed by atoms with E-state index in [1.807, 2.05) is 12.1 Å². The van der Waals surface area contributed by atoms with Gasteiger partial charge in [0.15, 0.2) is 23.0 Å². The molecule has 0 aromatic heterocycles. The number of likely N-dealkylation sites (N-methyl/N-ethyl adjacent to an activating group) is 1. The third-order valence-corrected chi connectivity index (χ3v) is 7.42. The van der Waals surface area contributed by atoms with Crippen molar-refractivity contribution < 1.29 is 38.1 Å². The summed E-state index contributed by atoms with van der Waals surface area (Å²) in [4.78, 5) is 12.6. The maximum absolute atomic E-state index is 12.6. The second-order valence-electron chi connectivity index (χ2n) is 9.75. The van der Waals surface area contributed by atoms with Gasteiger partial charge in [-0.15, -0.1) is 0 Å². The Bertz CT molecular complexity index is 1040. The molecule has 0 saturated carbocycles. The Kier molecular flexibility index (Phi) is 10.5. The molecule has 2 atom stereocenters. The number of unbranched alkanes of at least 4 members (excludes halogenated alkanes) is 2. The number of aliphatic hydroxyl groups excluding tert-OH is 1. The molecule has 2 aromatic carbocycles. The van der Waals surface area contributed by atoms with Crippen LogP contribution >= 0.6 is 0 Å². The molecular weight excluding hydrogens is 474 g/mol. The van der Waals surface area contributed by atoms with E-state index in [1.54, 1.807) is 28.4 Å². The normalized spacial score (nSPS) is 18.6. The fraction of sp³-hybridized carbons (Fsp3) is 0.552. The number of hydrogen-bond donors (Lipinski definition) is 1. The average molecular weight is 517 g/mol. The first-order chi connectivity index (χ1) is 17.9. The topological polar surface area (TPSA) is 83.5 Å². The summed E-state index contributed by atoms with van der Waals surface area (Å²) in [5.41, 5.74) is 3.57. The van der Waals surface area contributed by atoms with Crippen LogP contribution in [-0.2, 0) is 22.4 Å². The smallest absolute Gasteiger partial charge is 0.311 e. The molecule has 0 saturated heterocycles. The van der Waals surface area contributed by atoms with Gasteiger partial charge in [-0.05, 0) is 54.7 Å². The fourth-order valence-corrected chi connectivity index (χ4v) is 5.16. The number of esters is 1. The molecule has 0 spiro atoms. The summed E-state index contributed by atoms with van der Waals surface area (Å²) in [6.45, 7) is 2.13. The summed E-state index contributed by atoms with van der Waals surface area (Å²) in [6, 6.07) is 10.3. The van der Waals surface area contributed by atoms with Crippen LogP contribution in [0.4, 0.5) is 0 Å². The van der Waals surface area contributed by atoms with Crippen molar-refractivity contribution in [3.05, 3.63) is 47.0 Å². The molecule has 1 aliphatic heterocycles. The molecule has 1 unspecified atom stereocenters. The molecule has 8 nitrogen and oxygen atoms in total. The summed E-state index contributed by atoms with van der Waals surface area (Å²) in [5.74, 6) is 2.65. The number of quaternary nitrogens is 1. The van der Waals surface area contributed by atoms with Crippen LogP contribution in [-0.4, -0.2) is 77.3 Å². The zero-order chi connectivity index (χ0) is 26.8. The van der Waals surface area contributed by atoms with Gasteiger partial charge in [-0.2, -0.15) is 0 Å². The van der Waals surface area contributed by atoms with Gasteiger partial charge in [-0.1, -0.05) is 6.07 Å². The minimum atomic E-state index is -0.175. The van der Waals surface area contributed by atoms with E-state index in [9.17, 15) is 4.79 Å². The van der Waals surface area contributed by atoms with Crippen molar-refractivity contribution >= 4 is 5.97 Å². The Balaban J connectivity index is 1.87. The number of aliphatic hydroxyl groups is 1. The van der Waals surface area contributed by atoms with Gasteiger partial charge in [-0.3, -0.25) is 4.79 Å². The number of nitrogens with zero attached hydrogens (tertiary/aromatic N) is 1. The van der Waals surface area contributed by atoms with Gasteiger partial charge in [0.1, 0.15) is 6.04 Å². The maximum atomic E-state index is 12.6. The highest BCUT2D eigenvalue weighted by molar-refractivity contribution is 5.69. The predicted octanol–water partition coefficient (Wildman–Crippen LogP) is 4.10. The Morgan fingerprint density at radius 2 is 1.59 bits per heavy atom. The highest BCUT2D eigenvalue weighted by atomic mass is 16.5. The predicted molar refractivity (Wildman–Crippen MR) is 142 cm³/mol. The number of benzene rings is 2. The van der Waals surface area contributed by atoms with Crippen molar-refractivity contribution in [2.24, 2.45) is 0 Å². The van der Waals surface area contributed by atoms with Crippen LogP contribution in [0.15, 0.2) is 30.3 Å². The highest BCUT2D eigenvalue weighted by Gasteiger charge is 2.40. The Morgan fingerprint density at radius 1 is 0.919 bits per heavy atom. The van der Waals surface area contributed by atoms with Gasteiger partial charge >= 0.3 is 5.97 Å². The van der Waals surface area contributed by atoms with Gasteiger partial charge in [0.05, 0.1) is 61.6 Å². The molecule has 1 N–H and O–H groups in total. The van der Waals surface area contributed by atoms with Gasteiger partial charge in [0.25, 0.3) is 0 Å². The molecule has 0 amide bonds. The Morgan fingerprint density at radius 3 is 2.27 bits per heavy atom. The van der Waals surface area contributed by atoms with Gasteiger partial charge in [-0.25, -0.2) is 0 Å². The number of carbonyl (C=O) groups is 1. The Hall–Kier alpha value is -2.97. The van der Waals surface area contributed by atoms with Crippen LogP contribution in [0.3, 0.4) is 0 Å².